The van der Waals surface area contributed by atoms with Crippen LogP contribution in [0.25, 0.3) is 0 Å². The van der Waals surface area contributed by atoms with E-state index in [1.54, 1.807) is 6.07 Å². The van der Waals surface area contributed by atoms with E-state index >= 15 is 0 Å². The molecule has 1 unspecified atom stereocenters. The third-order valence-electron chi connectivity index (χ3n) is 3.59. The molecular weight excluding hydrogens is 257 g/mol. The molecule has 1 aliphatic rings. The van der Waals surface area contributed by atoms with Gasteiger partial charge in [0.15, 0.2) is 5.78 Å². The Kier molecular flexibility index (Phi) is 3.14. The fraction of sp³-hybridized carbons (Fsp3) is 0.188. The van der Waals surface area contributed by atoms with E-state index in [2.05, 4.69) is 5.32 Å². The molecule has 1 aliphatic heterocycles. The van der Waals surface area contributed by atoms with Crippen molar-refractivity contribution in [3.63, 3.8) is 0 Å². The Balaban J connectivity index is 1.95. The van der Waals surface area contributed by atoms with Gasteiger partial charge in [0, 0.05) is 18.3 Å². The number of para-hydroxylation sites is 1. The Morgan fingerprint density at radius 3 is 2.85 bits per heavy atom. The molecule has 0 fully saturated rings. The number of carbonyl (C=O) groups is 1. The lowest BCUT2D eigenvalue weighted by Crippen LogP contribution is -2.16. The van der Waals surface area contributed by atoms with E-state index in [-0.39, 0.29) is 17.3 Å². The SMILES string of the molecule is COc1ccc(C(=O)C2CNc3ccccc32)c(F)c1. The smallest absolute Gasteiger partial charge is 0.175 e. The Morgan fingerprint density at radius 2 is 2.10 bits per heavy atom. The van der Waals surface area contributed by atoms with Crippen molar-refractivity contribution in [2.45, 2.75) is 5.92 Å². The first-order valence-corrected chi connectivity index (χ1v) is 6.41. The topological polar surface area (TPSA) is 38.3 Å². The Labute approximate surface area is 116 Å². The molecule has 102 valence electrons. The number of rotatable bonds is 3. The van der Waals surface area contributed by atoms with Crippen LogP contribution in [0.1, 0.15) is 21.8 Å². The molecule has 4 heteroatoms. The molecule has 0 bridgehead atoms. The number of hydrogen-bond acceptors (Lipinski definition) is 3. The van der Waals surface area contributed by atoms with Crippen LogP contribution in [0.2, 0.25) is 0 Å². The molecule has 3 rings (SSSR count). The molecule has 0 saturated carbocycles. The first-order valence-electron chi connectivity index (χ1n) is 6.41. The Bertz CT molecular complexity index is 669. The van der Waals surface area contributed by atoms with Gasteiger partial charge < -0.3 is 10.1 Å². The van der Waals surface area contributed by atoms with Gasteiger partial charge in [-0.05, 0) is 23.8 Å². The second-order valence-electron chi connectivity index (χ2n) is 4.73. The van der Waals surface area contributed by atoms with E-state index in [0.29, 0.717) is 12.3 Å². The van der Waals surface area contributed by atoms with Gasteiger partial charge in [-0.25, -0.2) is 4.39 Å². The van der Waals surface area contributed by atoms with E-state index in [1.807, 2.05) is 24.3 Å². The van der Waals surface area contributed by atoms with Gasteiger partial charge in [-0.3, -0.25) is 4.79 Å². The van der Waals surface area contributed by atoms with Crippen molar-refractivity contribution in [1.29, 1.82) is 0 Å². The number of ketones is 1. The number of Topliss-reactive ketones (excluding diaryl/α,β-unsaturated/α-hetero) is 1. The molecule has 2 aromatic carbocycles. The molecule has 1 atom stereocenters. The van der Waals surface area contributed by atoms with Crippen molar-refractivity contribution in [3.05, 3.63) is 59.4 Å². The van der Waals surface area contributed by atoms with Crippen molar-refractivity contribution < 1.29 is 13.9 Å². The van der Waals surface area contributed by atoms with Crippen LogP contribution in [-0.2, 0) is 0 Å². The molecule has 2 aromatic rings. The lowest BCUT2D eigenvalue weighted by molar-refractivity contribution is 0.0962. The molecule has 1 N–H and O–H groups in total. The van der Waals surface area contributed by atoms with Gasteiger partial charge in [-0.2, -0.15) is 0 Å². The molecule has 0 aliphatic carbocycles. The highest BCUT2D eigenvalue weighted by atomic mass is 19.1. The van der Waals surface area contributed by atoms with Crippen LogP contribution >= 0.6 is 0 Å². The molecule has 0 spiro atoms. The minimum Gasteiger partial charge on any atom is -0.497 e. The van der Waals surface area contributed by atoms with E-state index in [4.69, 9.17) is 4.74 Å². The molecule has 3 nitrogen and oxygen atoms in total. The van der Waals surface area contributed by atoms with Gasteiger partial charge in [0.25, 0.3) is 0 Å². The number of fused-ring (bicyclic) bond motifs is 1. The molecule has 0 radical (unpaired) electrons. The molecular formula is C16H14FNO2. The summed E-state index contributed by atoms with van der Waals surface area (Å²) in [5.41, 5.74) is 1.97. The number of halogens is 1. The predicted octanol–water partition coefficient (Wildman–Crippen LogP) is 3.23. The summed E-state index contributed by atoms with van der Waals surface area (Å²) in [5.74, 6) is -0.681. The number of nitrogens with one attached hydrogen (secondary N) is 1. The van der Waals surface area contributed by atoms with Crippen LogP contribution in [0.4, 0.5) is 10.1 Å². The van der Waals surface area contributed by atoms with Crippen molar-refractivity contribution in [1.82, 2.24) is 0 Å². The second-order valence-corrected chi connectivity index (χ2v) is 4.73. The number of carbonyl (C=O) groups excluding carboxylic acids is 1. The van der Waals surface area contributed by atoms with Crippen molar-refractivity contribution in [2.75, 3.05) is 19.0 Å². The standard InChI is InChI=1S/C16H14FNO2/c1-20-10-6-7-12(14(17)8-10)16(19)13-9-18-15-5-3-2-4-11(13)15/h2-8,13,18H,9H2,1H3. The maximum Gasteiger partial charge on any atom is 0.175 e. The lowest BCUT2D eigenvalue weighted by Gasteiger charge is -2.10. The lowest BCUT2D eigenvalue weighted by atomic mass is 9.92. The maximum absolute atomic E-state index is 14.0. The Hall–Kier alpha value is -2.36. The summed E-state index contributed by atoms with van der Waals surface area (Å²) in [7, 11) is 1.47. The van der Waals surface area contributed by atoms with Gasteiger partial charge in [0.2, 0.25) is 0 Å². The third-order valence-corrected chi connectivity index (χ3v) is 3.59. The van der Waals surface area contributed by atoms with Crippen molar-refractivity contribution >= 4 is 11.5 Å². The number of benzene rings is 2. The van der Waals surface area contributed by atoms with Gasteiger partial charge >= 0.3 is 0 Å². The van der Waals surface area contributed by atoms with Gasteiger partial charge in [0.05, 0.1) is 18.6 Å². The predicted molar refractivity (Wildman–Crippen MR) is 75.0 cm³/mol. The second kappa shape index (κ2) is 4.96. The van der Waals surface area contributed by atoms with Gasteiger partial charge in [-0.15, -0.1) is 0 Å². The summed E-state index contributed by atoms with van der Waals surface area (Å²) < 4.78 is 18.9. The van der Waals surface area contributed by atoms with E-state index in [9.17, 15) is 9.18 Å². The van der Waals surface area contributed by atoms with E-state index in [1.165, 1.54) is 19.2 Å². The first-order chi connectivity index (χ1) is 9.70. The summed E-state index contributed by atoms with van der Waals surface area (Å²) in [5, 5.41) is 3.17. The number of anilines is 1. The van der Waals surface area contributed by atoms with Crippen molar-refractivity contribution in [2.24, 2.45) is 0 Å². The minimum absolute atomic E-state index is 0.106. The minimum atomic E-state index is -0.543. The highest BCUT2D eigenvalue weighted by Crippen LogP contribution is 2.34. The van der Waals surface area contributed by atoms with Crippen LogP contribution in [-0.4, -0.2) is 19.4 Å². The zero-order valence-corrected chi connectivity index (χ0v) is 11.0. The average Bonchev–Trinajstić information content (AvgIpc) is 2.90. The normalized spacial score (nSPS) is 16.4. The fourth-order valence-electron chi connectivity index (χ4n) is 2.53. The van der Waals surface area contributed by atoms with Crippen LogP contribution in [0.3, 0.4) is 0 Å². The summed E-state index contributed by atoms with van der Waals surface area (Å²) in [6, 6.07) is 11.9. The summed E-state index contributed by atoms with van der Waals surface area (Å²) >= 11 is 0. The summed E-state index contributed by atoms with van der Waals surface area (Å²) in [6.45, 7) is 0.504. The molecule has 0 aromatic heterocycles. The number of methoxy groups -OCH3 is 1. The molecule has 0 saturated heterocycles. The zero-order chi connectivity index (χ0) is 14.1. The maximum atomic E-state index is 14.0. The highest BCUT2D eigenvalue weighted by Gasteiger charge is 2.30. The number of hydrogen-bond donors (Lipinski definition) is 1. The molecule has 20 heavy (non-hydrogen) atoms. The average molecular weight is 271 g/mol. The third kappa shape index (κ3) is 2.03. The van der Waals surface area contributed by atoms with Gasteiger partial charge in [-0.1, -0.05) is 18.2 Å². The van der Waals surface area contributed by atoms with Crippen LogP contribution < -0.4 is 10.1 Å². The fourth-order valence-corrected chi connectivity index (χ4v) is 2.53. The molecule has 1 heterocycles. The quantitative estimate of drug-likeness (QED) is 0.871. The van der Waals surface area contributed by atoms with Crippen LogP contribution in [0, 0.1) is 5.82 Å². The number of ether oxygens (including phenoxy) is 1. The van der Waals surface area contributed by atoms with Crippen LogP contribution in [0.5, 0.6) is 5.75 Å². The monoisotopic (exact) mass is 271 g/mol. The molecule has 0 amide bonds. The largest absolute Gasteiger partial charge is 0.497 e. The van der Waals surface area contributed by atoms with Crippen LogP contribution in [0.15, 0.2) is 42.5 Å². The van der Waals surface area contributed by atoms with Gasteiger partial charge in [0.1, 0.15) is 11.6 Å². The summed E-state index contributed by atoms with van der Waals surface area (Å²) in [4.78, 5) is 12.5. The van der Waals surface area contributed by atoms with E-state index < -0.39 is 5.82 Å². The van der Waals surface area contributed by atoms with Crippen molar-refractivity contribution in [3.8, 4) is 5.75 Å². The summed E-state index contributed by atoms with van der Waals surface area (Å²) in [6.07, 6.45) is 0. The zero-order valence-electron chi connectivity index (χ0n) is 11.0. The Morgan fingerprint density at radius 1 is 1.30 bits per heavy atom. The van der Waals surface area contributed by atoms with E-state index in [0.717, 1.165) is 11.3 Å². The highest BCUT2D eigenvalue weighted by molar-refractivity contribution is 6.03. The first kappa shape index (κ1) is 12.7.